The lowest BCUT2D eigenvalue weighted by Crippen LogP contribution is -2.04. The van der Waals surface area contributed by atoms with Crippen LogP contribution in [0.1, 0.15) is 27.8 Å². The van der Waals surface area contributed by atoms with E-state index in [0.29, 0.717) is 5.56 Å². The molecule has 0 aliphatic heterocycles. The Morgan fingerprint density at radius 2 is 0.977 bits per heavy atom. The molecule has 8 aromatic rings. The Morgan fingerprint density at radius 1 is 0.523 bits per heavy atom. The van der Waals surface area contributed by atoms with Crippen LogP contribution < -0.4 is 0 Å². The Morgan fingerprint density at radius 3 is 1.45 bits per heavy atom. The Kier molecular flexibility index (Phi) is 5.73. The molecule has 4 nitrogen and oxygen atoms in total. The summed E-state index contributed by atoms with van der Waals surface area (Å²) in [6, 6.07) is 38.9. The van der Waals surface area contributed by atoms with Crippen molar-refractivity contribution >= 4 is 43.6 Å². The number of aryl methyl sites for hydroxylation is 4. The van der Waals surface area contributed by atoms with E-state index in [-0.39, 0.29) is 0 Å². The van der Waals surface area contributed by atoms with Gasteiger partial charge in [-0.2, -0.15) is 5.26 Å². The van der Waals surface area contributed by atoms with E-state index >= 15 is 0 Å². The van der Waals surface area contributed by atoms with Gasteiger partial charge >= 0.3 is 0 Å². The van der Waals surface area contributed by atoms with Crippen molar-refractivity contribution in [3.8, 4) is 28.7 Å². The minimum Gasteiger partial charge on any atom is -0.307 e. The van der Waals surface area contributed by atoms with E-state index in [0.717, 1.165) is 44.7 Å². The molecule has 210 valence electrons. The minimum absolute atomic E-state index is 0.631. The first-order chi connectivity index (χ1) is 21.4. The maximum atomic E-state index is 10.2. The number of hydrogen-bond acceptors (Lipinski definition) is 2. The van der Waals surface area contributed by atoms with E-state index < -0.39 is 0 Å². The molecule has 3 heterocycles. The van der Waals surface area contributed by atoms with Crippen molar-refractivity contribution in [2.45, 2.75) is 27.7 Å². The van der Waals surface area contributed by atoms with Crippen LogP contribution in [0, 0.1) is 39.0 Å². The van der Waals surface area contributed by atoms with Crippen LogP contribution >= 0.6 is 0 Å². The van der Waals surface area contributed by atoms with Gasteiger partial charge in [-0.15, -0.1) is 0 Å². The molecule has 0 unspecified atom stereocenters. The lowest BCUT2D eigenvalue weighted by atomic mass is 9.99. The normalized spacial score (nSPS) is 11.6. The molecule has 0 aliphatic carbocycles. The Bertz CT molecular complexity index is 2380. The summed E-state index contributed by atoms with van der Waals surface area (Å²) in [6.45, 7) is 8.55. The third-order valence-electron chi connectivity index (χ3n) is 8.83. The number of nitriles is 1. The first kappa shape index (κ1) is 26.0. The molecule has 4 heteroatoms. The molecule has 0 atom stereocenters. The molecule has 5 aromatic carbocycles. The summed E-state index contributed by atoms with van der Waals surface area (Å²) >= 11 is 0. The van der Waals surface area contributed by atoms with Gasteiger partial charge in [-0.25, -0.2) is 4.98 Å². The smallest absolute Gasteiger partial charge is 0.138 e. The standard InChI is InChI=1S/C40H30N4/c1-24-9-13-35-30(17-24)31-18-25(2)10-14-36(31)43(35)39-23-42-40(21-34(39)29-8-6-5-7-28(29)22-41)44-37-15-11-26(3)19-32(37)33-20-27(4)12-16-38(33)44/h5-21,23H,1-4H3. The van der Waals surface area contributed by atoms with Gasteiger partial charge in [0.2, 0.25) is 0 Å². The fourth-order valence-electron chi connectivity index (χ4n) is 6.78. The molecule has 44 heavy (non-hydrogen) atoms. The van der Waals surface area contributed by atoms with Crippen molar-refractivity contribution in [3.63, 3.8) is 0 Å². The van der Waals surface area contributed by atoms with Gasteiger partial charge in [-0.05, 0) is 88.4 Å². The highest BCUT2D eigenvalue weighted by Gasteiger charge is 2.21. The third kappa shape index (κ3) is 3.87. The minimum atomic E-state index is 0.631. The van der Waals surface area contributed by atoms with E-state index in [4.69, 9.17) is 4.98 Å². The van der Waals surface area contributed by atoms with Crippen LogP contribution in [-0.2, 0) is 0 Å². The molecule has 8 rings (SSSR count). The van der Waals surface area contributed by atoms with Gasteiger partial charge in [0.15, 0.2) is 0 Å². The second-order valence-electron chi connectivity index (χ2n) is 12.0. The molecular weight excluding hydrogens is 536 g/mol. The van der Waals surface area contributed by atoms with Crippen molar-refractivity contribution in [1.29, 1.82) is 5.26 Å². The molecule has 0 saturated carbocycles. The fourth-order valence-corrected chi connectivity index (χ4v) is 6.78. The predicted octanol–water partition coefficient (Wildman–Crippen LogP) is 10.0. The first-order valence-electron chi connectivity index (χ1n) is 14.9. The van der Waals surface area contributed by atoms with Gasteiger partial charge in [-0.3, -0.25) is 4.57 Å². The lowest BCUT2D eigenvalue weighted by molar-refractivity contribution is 1.05. The second-order valence-corrected chi connectivity index (χ2v) is 12.0. The average molecular weight is 567 g/mol. The Balaban J connectivity index is 1.50. The van der Waals surface area contributed by atoms with Gasteiger partial charge in [-0.1, -0.05) is 64.7 Å². The zero-order valence-electron chi connectivity index (χ0n) is 25.2. The third-order valence-corrected chi connectivity index (χ3v) is 8.83. The second kappa shape index (κ2) is 9.69. The number of hydrogen-bond donors (Lipinski definition) is 0. The zero-order chi connectivity index (χ0) is 30.1. The van der Waals surface area contributed by atoms with Gasteiger partial charge < -0.3 is 4.57 Å². The van der Waals surface area contributed by atoms with Crippen molar-refractivity contribution < 1.29 is 0 Å². The number of fused-ring (bicyclic) bond motifs is 6. The molecule has 3 aromatic heterocycles. The molecule has 0 radical (unpaired) electrons. The Labute approximate surface area is 256 Å². The quantitative estimate of drug-likeness (QED) is 0.214. The fraction of sp³-hybridized carbons (Fsp3) is 0.100. The summed E-state index contributed by atoms with van der Waals surface area (Å²) < 4.78 is 4.56. The average Bonchev–Trinajstić information content (AvgIpc) is 3.51. The molecule has 0 N–H and O–H groups in total. The number of rotatable bonds is 3. The topological polar surface area (TPSA) is 46.5 Å². The van der Waals surface area contributed by atoms with Crippen LogP contribution in [0.25, 0.3) is 66.2 Å². The van der Waals surface area contributed by atoms with Crippen LogP contribution in [0.15, 0.2) is 109 Å². The number of pyridine rings is 1. The monoisotopic (exact) mass is 566 g/mol. The summed E-state index contributed by atoms with van der Waals surface area (Å²) in [6.07, 6.45) is 1.98. The van der Waals surface area contributed by atoms with E-state index in [1.807, 2.05) is 30.5 Å². The highest BCUT2D eigenvalue weighted by Crippen LogP contribution is 2.40. The predicted molar refractivity (Wildman–Crippen MR) is 182 cm³/mol. The van der Waals surface area contributed by atoms with Gasteiger partial charge in [0.1, 0.15) is 5.82 Å². The number of nitrogens with zero attached hydrogens (tertiary/aromatic N) is 4. The van der Waals surface area contributed by atoms with E-state index in [9.17, 15) is 5.26 Å². The summed E-state index contributed by atoms with van der Waals surface area (Å²) in [4.78, 5) is 5.17. The highest BCUT2D eigenvalue weighted by molar-refractivity contribution is 6.11. The largest absolute Gasteiger partial charge is 0.307 e. The lowest BCUT2D eigenvalue weighted by Gasteiger charge is -2.17. The van der Waals surface area contributed by atoms with Crippen molar-refractivity contribution in [1.82, 2.24) is 14.1 Å². The van der Waals surface area contributed by atoms with Crippen LogP contribution in [0.5, 0.6) is 0 Å². The maximum Gasteiger partial charge on any atom is 0.138 e. The van der Waals surface area contributed by atoms with Gasteiger partial charge in [0, 0.05) is 32.7 Å². The summed E-state index contributed by atoms with van der Waals surface area (Å²) in [5.41, 5.74) is 12.8. The van der Waals surface area contributed by atoms with E-state index in [2.05, 4.69) is 122 Å². The summed E-state index contributed by atoms with van der Waals surface area (Å²) in [5, 5.41) is 15.1. The molecule has 0 saturated heterocycles. The number of aromatic nitrogens is 3. The van der Waals surface area contributed by atoms with Crippen LogP contribution in [-0.4, -0.2) is 14.1 Å². The van der Waals surface area contributed by atoms with Crippen LogP contribution in [0.2, 0.25) is 0 Å². The Hall–Kier alpha value is -5.66. The van der Waals surface area contributed by atoms with Gasteiger partial charge in [0.05, 0.1) is 45.6 Å². The maximum absolute atomic E-state index is 10.2. The van der Waals surface area contributed by atoms with Crippen molar-refractivity contribution in [2.75, 3.05) is 0 Å². The number of benzene rings is 5. The van der Waals surface area contributed by atoms with E-state index in [1.165, 1.54) is 43.8 Å². The molecule has 0 aliphatic rings. The molecular formula is C40H30N4. The summed E-state index contributed by atoms with van der Waals surface area (Å²) in [7, 11) is 0. The molecule has 0 spiro atoms. The molecule has 0 bridgehead atoms. The van der Waals surface area contributed by atoms with Crippen molar-refractivity contribution in [3.05, 3.63) is 137 Å². The summed E-state index contributed by atoms with van der Waals surface area (Å²) in [5.74, 6) is 0.816. The van der Waals surface area contributed by atoms with Crippen molar-refractivity contribution in [2.24, 2.45) is 0 Å². The molecule has 0 fully saturated rings. The van der Waals surface area contributed by atoms with Gasteiger partial charge in [0.25, 0.3) is 0 Å². The van der Waals surface area contributed by atoms with Crippen LogP contribution in [0.3, 0.4) is 0 Å². The first-order valence-corrected chi connectivity index (χ1v) is 14.9. The van der Waals surface area contributed by atoms with Crippen LogP contribution in [0.4, 0.5) is 0 Å². The zero-order valence-corrected chi connectivity index (χ0v) is 25.2. The van der Waals surface area contributed by atoms with E-state index in [1.54, 1.807) is 0 Å². The SMILES string of the molecule is Cc1ccc2c(c1)c1cc(C)ccc1n2-c1cc(-c2ccccc2C#N)c(-n2c3ccc(C)cc3c3cc(C)ccc32)cn1. The highest BCUT2D eigenvalue weighted by atomic mass is 15.1. The molecule has 0 amide bonds.